The van der Waals surface area contributed by atoms with Gasteiger partial charge in [-0.25, -0.2) is 0 Å². The summed E-state index contributed by atoms with van der Waals surface area (Å²) in [6.07, 6.45) is 0. The van der Waals surface area contributed by atoms with E-state index in [-0.39, 0.29) is 17.7 Å². The number of rotatable bonds is 9. The van der Waals surface area contributed by atoms with E-state index in [0.29, 0.717) is 11.7 Å². The van der Waals surface area contributed by atoms with Crippen LogP contribution < -0.4 is 4.74 Å². The Kier molecular flexibility index (Phi) is 7.65. The molecule has 7 heteroatoms. The van der Waals surface area contributed by atoms with Crippen molar-refractivity contribution in [1.29, 1.82) is 0 Å². The highest BCUT2D eigenvalue weighted by Gasteiger charge is 2.24. The topological polar surface area (TPSA) is 60.2 Å². The van der Waals surface area contributed by atoms with Crippen LogP contribution in [0, 0.1) is 0 Å². The van der Waals surface area contributed by atoms with Crippen LogP contribution in [0.25, 0.3) is 11.4 Å². The summed E-state index contributed by atoms with van der Waals surface area (Å²) in [6.45, 7) is 2.73. The van der Waals surface area contributed by atoms with Gasteiger partial charge in [-0.2, -0.15) is 0 Å². The van der Waals surface area contributed by atoms with Crippen LogP contribution >= 0.6 is 11.8 Å². The molecule has 0 N–H and O–H groups in total. The van der Waals surface area contributed by atoms with Crippen molar-refractivity contribution in [3.05, 3.63) is 96.1 Å². The monoisotopic (exact) mass is 472 g/mol. The first-order chi connectivity index (χ1) is 16.6. The standard InChI is InChI=1S/C27H28N4O2S/c1-4-31-26(22-17-11-12-18-23(22)33-3)28-29-27(31)34-19-24(32)30(2)25(20-13-7-5-8-14-20)21-15-9-6-10-16-21/h5-18,25H,4,19H2,1-3H3. The summed E-state index contributed by atoms with van der Waals surface area (Å²) < 4.78 is 7.52. The molecule has 3 aromatic carbocycles. The molecule has 0 saturated carbocycles. The molecule has 0 spiro atoms. The maximum Gasteiger partial charge on any atom is 0.233 e. The Morgan fingerprint density at radius 1 is 0.941 bits per heavy atom. The largest absolute Gasteiger partial charge is 0.496 e. The van der Waals surface area contributed by atoms with E-state index in [1.165, 1.54) is 11.8 Å². The number of hydrogen-bond donors (Lipinski definition) is 0. The fraction of sp³-hybridized carbons (Fsp3) is 0.222. The van der Waals surface area contributed by atoms with Gasteiger partial charge >= 0.3 is 0 Å². The number of carbonyl (C=O) groups excluding carboxylic acids is 1. The Morgan fingerprint density at radius 2 is 1.53 bits per heavy atom. The van der Waals surface area contributed by atoms with Gasteiger partial charge in [0.25, 0.3) is 0 Å². The summed E-state index contributed by atoms with van der Waals surface area (Å²) in [6, 6.07) is 27.8. The molecule has 174 valence electrons. The lowest BCUT2D eigenvalue weighted by molar-refractivity contribution is -0.128. The van der Waals surface area contributed by atoms with Crippen molar-refractivity contribution >= 4 is 17.7 Å². The van der Waals surface area contributed by atoms with Gasteiger partial charge in [-0.1, -0.05) is 84.6 Å². The second-order valence-electron chi connectivity index (χ2n) is 7.77. The zero-order valence-corrected chi connectivity index (χ0v) is 20.4. The normalized spacial score (nSPS) is 10.9. The molecule has 1 aromatic heterocycles. The molecule has 0 atom stereocenters. The fourth-order valence-electron chi connectivity index (χ4n) is 3.99. The lowest BCUT2D eigenvalue weighted by atomic mass is 9.97. The van der Waals surface area contributed by atoms with Gasteiger partial charge in [-0.3, -0.25) is 4.79 Å². The maximum absolute atomic E-state index is 13.3. The van der Waals surface area contributed by atoms with E-state index in [2.05, 4.69) is 34.5 Å². The van der Waals surface area contributed by atoms with Crippen LogP contribution in [0.5, 0.6) is 5.75 Å². The van der Waals surface area contributed by atoms with Gasteiger partial charge in [0.1, 0.15) is 5.75 Å². The minimum absolute atomic E-state index is 0.0206. The molecule has 4 rings (SSSR count). The Bertz CT molecular complexity index is 1190. The number of thioether (sulfide) groups is 1. The minimum Gasteiger partial charge on any atom is -0.496 e. The van der Waals surface area contributed by atoms with Crippen molar-refractivity contribution in [2.45, 2.75) is 24.7 Å². The first-order valence-corrected chi connectivity index (χ1v) is 12.2. The molecule has 4 aromatic rings. The van der Waals surface area contributed by atoms with E-state index >= 15 is 0 Å². The van der Waals surface area contributed by atoms with Crippen molar-refractivity contribution in [2.75, 3.05) is 19.9 Å². The number of para-hydroxylation sites is 1. The average Bonchev–Trinajstić information content (AvgIpc) is 3.31. The summed E-state index contributed by atoms with van der Waals surface area (Å²) in [5.41, 5.74) is 3.03. The van der Waals surface area contributed by atoms with Crippen molar-refractivity contribution in [1.82, 2.24) is 19.7 Å². The quantitative estimate of drug-likeness (QED) is 0.309. The van der Waals surface area contributed by atoms with Gasteiger partial charge in [0.2, 0.25) is 5.91 Å². The van der Waals surface area contributed by atoms with E-state index < -0.39 is 0 Å². The zero-order valence-electron chi connectivity index (χ0n) is 19.6. The number of aromatic nitrogens is 3. The molecule has 0 fully saturated rings. The molecular weight excluding hydrogens is 444 g/mol. The highest BCUT2D eigenvalue weighted by atomic mass is 32.2. The number of methoxy groups -OCH3 is 1. The summed E-state index contributed by atoms with van der Waals surface area (Å²) in [5, 5.41) is 9.50. The Hall–Kier alpha value is -3.58. The second-order valence-corrected chi connectivity index (χ2v) is 8.71. The maximum atomic E-state index is 13.3. The Labute approximate surface area is 204 Å². The summed E-state index contributed by atoms with van der Waals surface area (Å²) >= 11 is 1.40. The fourth-order valence-corrected chi connectivity index (χ4v) is 4.92. The zero-order chi connectivity index (χ0) is 23.9. The number of hydrogen-bond acceptors (Lipinski definition) is 5. The number of nitrogens with zero attached hydrogens (tertiary/aromatic N) is 4. The van der Waals surface area contributed by atoms with Crippen LogP contribution in [0.4, 0.5) is 0 Å². The van der Waals surface area contributed by atoms with Crippen molar-refractivity contribution in [3.8, 4) is 17.1 Å². The molecule has 0 aliphatic carbocycles. The molecule has 0 aliphatic heterocycles. The van der Waals surface area contributed by atoms with Crippen LogP contribution in [-0.2, 0) is 11.3 Å². The first-order valence-electron chi connectivity index (χ1n) is 11.2. The molecule has 0 saturated heterocycles. The molecular formula is C27H28N4O2S. The molecule has 6 nitrogen and oxygen atoms in total. The third-order valence-electron chi connectivity index (χ3n) is 5.72. The summed E-state index contributed by atoms with van der Waals surface area (Å²) in [7, 11) is 3.50. The number of carbonyl (C=O) groups is 1. The van der Waals surface area contributed by atoms with Crippen molar-refractivity contribution in [2.24, 2.45) is 0 Å². The summed E-state index contributed by atoms with van der Waals surface area (Å²) in [5.74, 6) is 1.75. The predicted molar refractivity (Wildman–Crippen MR) is 136 cm³/mol. The molecule has 0 unspecified atom stereocenters. The Balaban J connectivity index is 1.54. The van der Waals surface area contributed by atoms with E-state index in [1.54, 1.807) is 7.11 Å². The highest BCUT2D eigenvalue weighted by molar-refractivity contribution is 7.99. The van der Waals surface area contributed by atoms with Crippen LogP contribution in [0.3, 0.4) is 0 Å². The minimum atomic E-state index is -0.163. The molecule has 0 bridgehead atoms. The number of amides is 1. The lowest BCUT2D eigenvalue weighted by Crippen LogP contribution is -2.33. The van der Waals surface area contributed by atoms with Crippen molar-refractivity contribution < 1.29 is 9.53 Å². The number of ether oxygens (including phenoxy) is 1. The van der Waals surface area contributed by atoms with Gasteiger partial charge in [0, 0.05) is 13.6 Å². The average molecular weight is 473 g/mol. The molecule has 1 heterocycles. The SMILES string of the molecule is CCn1c(SCC(=O)N(C)C(c2ccccc2)c2ccccc2)nnc1-c1ccccc1OC. The molecule has 34 heavy (non-hydrogen) atoms. The van der Waals surface area contributed by atoms with E-state index in [4.69, 9.17) is 4.74 Å². The second kappa shape index (κ2) is 11.0. The molecule has 1 amide bonds. The lowest BCUT2D eigenvalue weighted by Gasteiger charge is -2.29. The molecule has 0 aliphatic rings. The van der Waals surface area contributed by atoms with Crippen molar-refractivity contribution in [3.63, 3.8) is 0 Å². The van der Waals surface area contributed by atoms with Gasteiger partial charge in [-0.15, -0.1) is 10.2 Å². The molecule has 0 radical (unpaired) electrons. The van der Waals surface area contributed by atoms with Crippen LogP contribution in [-0.4, -0.2) is 45.5 Å². The van der Waals surface area contributed by atoms with Gasteiger partial charge in [0.15, 0.2) is 11.0 Å². The van der Waals surface area contributed by atoms with Gasteiger partial charge < -0.3 is 14.2 Å². The first kappa shape index (κ1) is 23.6. The predicted octanol–water partition coefficient (Wildman–Crippen LogP) is 5.31. The third-order valence-corrected chi connectivity index (χ3v) is 6.67. The van der Waals surface area contributed by atoms with Gasteiger partial charge in [0.05, 0.1) is 24.5 Å². The van der Waals surface area contributed by atoms with Crippen LogP contribution in [0.2, 0.25) is 0 Å². The van der Waals surface area contributed by atoms with Crippen LogP contribution in [0.15, 0.2) is 90.1 Å². The smallest absolute Gasteiger partial charge is 0.233 e. The summed E-state index contributed by atoms with van der Waals surface area (Å²) in [4.78, 5) is 15.1. The third kappa shape index (κ3) is 4.99. The van der Waals surface area contributed by atoms with Gasteiger partial charge in [-0.05, 0) is 30.2 Å². The number of benzene rings is 3. The van der Waals surface area contributed by atoms with E-state index in [0.717, 1.165) is 28.3 Å². The highest BCUT2D eigenvalue weighted by Crippen LogP contribution is 2.32. The Morgan fingerprint density at radius 3 is 2.12 bits per heavy atom. The van der Waals surface area contributed by atoms with E-state index in [9.17, 15) is 4.79 Å². The van der Waals surface area contributed by atoms with E-state index in [1.807, 2.05) is 84.1 Å². The van der Waals surface area contributed by atoms with Crippen LogP contribution in [0.1, 0.15) is 24.1 Å².